The fourth-order valence-electron chi connectivity index (χ4n) is 1.64. The van der Waals surface area contributed by atoms with Gasteiger partial charge in [0.1, 0.15) is 6.29 Å². The minimum Gasteiger partial charge on any atom is -0.309 e. The van der Waals surface area contributed by atoms with E-state index in [0.29, 0.717) is 25.8 Å². The Kier molecular flexibility index (Phi) is 9.59. The molecule has 0 heterocycles. The first-order valence-corrected chi connectivity index (χ1v) is 8.93. The third-order valence-corrected chi connectivity index (χ3v) is 5.22. The SMILES string of the molecule is CCCCOP(=O)(CC(C)(C)CC=O)OCCCC. The number of aldehydes is 1. The molecule has 0 N–H and O–H groups in total. The molecule has 0 aliphatic heterocycles. The molecular formula is C14H29O4P. The van der Waals surface area contributed by atoms with Gasteiger partial charge in [-0.1, -0.05) is 40.5 Å². The van der Waals surface area contributed by atoms with Gasteiger partial charge < -0.3 is 13.8 Å². The highest BCUT2D eigenvalue weighted by molar-refractivity contribution is 7.53. The van der Waals surface area contributed by atoms with Crippen LogP contribution >= 0.6 is 7.60 Å². The smallest absolute Gasteiger partial charge is 0.309 e. The molecule has 0 unspecified atom stereocenters. The van der Waals surface area contributed by atoms with Crippen molar-refractivity contribution >= 4 is 13.9 Å². The Morgan fingerprint density at radius 3 is 1.89 bits per heavy atom. The average molecular weight is 292 g/mol. The molecule has 0 spiro atoms. The van der Waals surface area contributed by atoms with Crippen molar-refractivity contribution in [2.75, 3.05) is 19.4 Å². The molecule has 0 rings (SSSR count). The predicted molar refractivity (Wildman–Crippen MR) is 78.7 cm³/mol. The number of carbonyl (C=O) groups excluding carboxylic acids is 1. The van der Waals surface area contributed by atoms with E-state index in [2.05, 4.69) is 13.8 Å². The maximum atomic E-state index is 12.7. The Morgan fingerprint density at radius 2 is 1.53 bits per heavy atom. The van der Waals surface area contributed by atoms with Crippen LogP contribution in [0.2, 0.25) is 0 Å². The standard InChI is InChI=1S/C14H29O4P/c1-5-7-11-17-19(16,18-12-8-6-2)13-14(3,4)9-10-15/h10H,5-9,11-13H2,1-4H3. The van der Waals surface area contributed by atoms with Crippen LogP contribution in [-0.2, 0) is 18.4 Å². The van der Waals surface area contributed by atoms with Crippen LogP contribution in [0.25, 0.3) is 0 Å². The van der Waals surface area contributed by atoms with Crippen LogP contribution in [0, 0.1) is 5.41 Å². The molecule has 0 aromatic carbocycles. The zero-order valence-electron chi connectivity index (χ0n) is 12.8. The van der Waals surface area contributed by atoms with Crippen LogP contribution in [0.3, 0.4) is 0 Å². The lowest BCUT2D eigenvalue weighted by Crippen LogP contribution is -2.20. The molecule has 0 atom stereocenters. The molecule has 0 bridgehead atoms. The van der Waals surface area contributed by atoms with Crippen LogP contribution in [0.1, 0.15) is 59.8 Å². The highest BCUT2D eigenvalue weighted by atomic mass is 31.2. The summed E-state index contributed by atoms with van der Waals surface area (Å²) in [6.07, 6.45) is 5.25. The van der Waals surface area contributed by atoms with Gasteiger partial charge in [0.15, 0.2) is 0 Å². The third kappa shape index (κ3) is 9.37. The monoisotopic (exact) mass is 292 g/mol. The summed E-state index contributed by atoms with van der Waals surface area (Å²) >= 11 is 0. The summed E-state index contributed by atoms with van der Waals surface area (Å²) in [4.78, 5) is 10.7. The van der Waals surface area contributed by atoms with Crippen LogP contribution in [0.15, 0.2) is 0 Å². The molecular weight excluding hydrogens is 263 g/mol. The van der Waals surface area contributed by atoms with Gasteiger partial charge >= 0.3 is 7.60 Å². The summed E-state index contributed by atoms with van der Waals surface area (Å²) in [5, 5.41) is 0. The first-order chi connectivity index (χ1) is 8.89. The normalized spacial score (nSPS) is 12.6. The van der Waals surface area contributed by atoms with Gasteiger partial charge in [0.05, 0.1) is 19.4 Å². The quantitative estimate of drug-likeness (QED) is 0.303. The summed E-state index contributed by atoms with van der Waals surface area (Å²) in [5.41, 5.74) is -0.351. The van der Waals surface area contributed by atoms with Gasteiger partial charge in [0.25, 0.3) is 0 Å². The van der Waals surface area contributed by atoms with Crippen molar-refractivity contribution in [3.63, 3.8) is 0 Å². The highest BCUT2D eigenvalue weighted by Crippen LogP contribution is 2.53. The molecule has 0 radical (unpaired) electrons. The van der Waals surface area contributed by atoms with Gasteiger partial charge in [-0.3, -0.25) is 4.57 Å². The fraction of sp³-hybridized carbons (Fsp3) is 0.929. The Hall–Kier alpha value is -0.180. The van der Waals surface area contributed by atoms with E-state index >= 15 is 0 Å². The maximum absolute atomic E-state index is 12.7. The summed E-state index contributed by atoms with van der Waals surface area (Å²) in [6, 6.07) is 0. The van der Waals surface area contributed by atoms with E-state index in [1.807, 2.05) is 13.8 Å². The van der Waals surface area contributed by atoms with Gasteiger partial charge in [-0.2, -0.15) is 0 Å². The van der Waals surface area contributed by atoms with Crippen molar-refractivity contribution in [1.82, 2.24) is 0 Å². The first kappa shape index (κ1) is 18.8. The third-order valence-electron chi connectivity index (χ3n) is 2.83. The van der Waals surface area contributed by atoms with E-state index in [9.17, 15) is 9.36 Å². The molecule has 5 heteroatoms. The minimum absolute atomic E-state index is 0.298. The lowest BCUT2D eigenvalue weighted by Gasteiger charge is -2.27. The zero-order chi connectivity index (χ0) is 14.8. The van der Waals surface area contributed by atoms with Crippen molar-refractivity contribution in [2.24, 2.45) is 5.41 Å². The van der Waals surface area contributed by atoms with Crippen molar-refractivity contribution in [1.29, 1.82) is 0 Å². The van der Waals surface area contributed by atoms with Gasteiger partial charge in [-0.15, -0.1) is 0 Å². The van der Waals surface area contributed by atoms with Crippen molar-refractivity contribution in [3.05, 3.63) is 0 Å². The molecule has 0 aromatic rings. The molecule has 4 nitrogen and oxygen atoms in total. The molecule has 19 heavy (non-hydrogen) atoms. The van der Waals surface area contributed by atoms with E-state index in [0.717, 1.165) is 32.0 Å². The van der Waals surface area contributed by atoms with Gasteiger partial charge in [-0.25, -0.2) is 0 Å². The van der Waals surface area contributed by atoms with Gasteiger partial charge in [0, 0.05) is 6.42 Å². The topological polar surface area (TPSA) is 52.6 Å². The molecule has 114 valence electrons. The second kappa shape index (κ2) is 9.68. The number of unbranched alkanes of at least 4 members (excludes halogenated alkanes) is 2. The molecule has 0 saturated heterocycles. The van der Waals surface area contributed by atoms with E-state index < -0.39 is 7.60 Å². The summed E-state index contributed by atoms with van der Waals surface area (Å²) in [6.45, 7) is 8.86. The predicted octanol–water partition coefficient (Wildman–Crippen LogP) is 4.43. The zero-order valence-corrected chi connectivity index (χ0v) is 13.7. The second-order valence-corrected chi connectivity index (χ2v) is 7.73. The van der Waals surface area contributed by atoms with Gasteiger partial charge in [0.2, 0.25) is 0 Å². The number of hydrogen-bond donors (Lipinski definition) is 0. The molecule has 0 amide bonds. The van der Waals surface area contributed by atoms with Crippen molar-refractivity contribution < 1.29 is 18.4 Å². The Labute approximate surface area is 117 Å². The van der Waals surface area contributed by atoms with E-state index in [1.165, 1.54) is 0 Å². The van der Waals surface area contributed by atoms with Crippen LogP contribution in [0.5, 0.6) is 0 Å². The van der Waals surface area contributed by atoms with Crippen LogP contribution < -0.4 is 0 Å². The number of hydrogen-bond acceptors (Lipinski definition) is 4. The van der Waals surface area contributed by atoms with E-state index in [1.54, 1.807) is 0 Å². The Balaban J connectivity index is 4.54. The average Bonchev–Trinajstić information content (AvgIpc) is 2.28. The Bertz CT molecular complexity index is 275. The molecule has 0 saturated carbocycles. The fourth-order valence-corrected chi connectivity index (χ4v) is 3.89. The van der Waals surface area contributed by atoms with Crippen molar-refractivity contribution in [2.45, 2.75) is 59.8 Å². The number of carbonyl (C=O) groups is 1. The second-order valence-electron chi connectivity index (χ2n) is 5.68. The number of rotatable bonds is 12. The van der Waals surface area contributed by atoms with Gasteiger partial charge in [-0.05, 0) is 18.3 Å². The highest BCUT2D eigenvalue weighted by Gasteiger charge is 2.33. The minimum atomic E-state index is -3.09. The summed E-state index contributed by atoms with van der Waals surface area (Å²) in [5.74, 6) is 0. The Morgan fingerprint density at radius 1 is 1.05 bits per heavy atom. The summed E-state index contributed by atoms with van der Waals surface area (Å²) in [7, 11) is -3.09. The largest absolute Gasteiger partial charge is 0.331 e. The lowest BCUT2D eigenvalue weighted by atomic mass is 9.93. The molecule has 0 fully saturated rings. The molecule has 0 aliphatic carbocycles. The van der Waals surface area contributed by atoms with Crippen LogP contribution in [0.4, 0.5) is 0 Å². The van der Waals surface area contributed by atoms with Crippen molar-refractivity contribution in [3.8, 4) is 0 Å². The van der Waals surface area contributed by atoms with E-state index in [4.69, 9.17) is 9.05 Å². The molecule has 0 aliphatic rings. The lowest BCUT2D eigenvalue weighted by molar-refractivity contribution is -0.109. The first-order valence-electron chi connectivity index (χ1n) is 7.21. The molecule has 0 aromatic heterocycles. The van der Waals surface area contributed by atoms with Crippen LogP contribution in [-0.4, -0.2) is 25.7 Å². The summed E-state index contributed by atoms with van der Waals surface area (Å²) < 4.78 is 23.7. The maximum Gasteiger partial charge on any atom is 0.331 e. The van der Waals surface area contributed by atoms with E-state index in [-0.39, 0.29) is 5.41 Å².